The number of rotatable bonds is 6. The number of hydrogen-bond acceptors (Lipinski definition) is 3. The van der Waals surface area contributed by atoms with E-state index in [2.05, 4.69) is 48.7 Å². The van der Waals surface area contributed by atoms with E-state index in [0.717, 1.165) is 32.3 Å². The van der Waals surface area contributed by atoms with E-state index in [4.69, 9.17) is 16.6 Å². The van der Waals surface area contributed by atoms with Crippen LogP contribution in [0.15, 0.2) is 69.9 Å². The van der Waals surface area contributed by atoms with Crippen molar-refractivity contribution in [2.75, 3.05) is 5.75 Å². The van der Waals surface area contributed by atoms with E-state index in [1.807, 2.05) is 30.0 Å². The molecule has 27 heavy (non-hydrogen) atoms. The molecule has 1 fully saturated rings. The van der Waals surface area contributed by atoms with Gasteiger partial charge in [0.1, 0.15) is 0 Å². The van der Waals surface area contributed by atoms with Gasteiger partial charge in [-0.3, -0.25) is 0 Å². The average Bonchev–Trinajstić information content (AvgIpc) is 2.68. The number of hydrogen-bond donors (Lipinski definition) is 0. The predicted molar refractivity (Wildman–Crippen MR) is 124 cm³/mol. The van der Waals surface area contributed by atoms with Gasteiger partial charge in [-0.1, -0.05) is 66.4 Å². The highest BCUT2D eigenvalue weighted by molar-refractivity contribution is 8.14. The minimum Gasteiger partial charge on any atom is -0.242 e. The molecular weight excluding hydrogens is 390 g/mol. The summed E-state index contributed by atoms with van der Waals surface area (Å²) in [4.78, 5) is 6.03. The van der Waals surface area contributed by atoms with Gasteiger partial charge in [0, 0.05) is 15.7 Å². The fraction of sp³-hybridized carbons (Fsp3) is 0.348. The second kappa shape index (κ2) is 11.0. The normalized spacial score (nSPS) is 16.1. The third kappa shape index (κ3) is 7.40. The van der Waals surface area contributed by atoms with Crippen LogP contribution in [-0.4, -0.2) is 10.8 Å². The largest absolute Gasteiger partial charge is 0.242 e. The van der Waals surface area contributed by atoms with E-state index < -0.39 is 0 Å². The Bertz CT molecular complexity index is 777. The van der Waals surface area contributed by atoms with Crippen molar-refractivity contribution in [1.29, 1.82) is 0 Å². The van der Waals surface area contributed by atoms with Crippen molar-refractivity contribution in [1.82, 2.24) is 0 Å². The number of aliphatic imine (C=N–C) groups is 1. The Morgan fingerprint density at radius 3 is 2.63 bits per heavy atom. The summed E-state index contributed by atoms with van der Waals surface area (Å²) in [6.45, 7) is 2.10. The Morgan fingerprint density at radius 1 is 1.11 bits per heavy atom. The van der Waals surface area contributed by atoms with Crippen molar-refractivity contribution in [2.24, 2.45) is 10.9 Å². The summed E-state index contributed by atoms with van der Waals surface area (Å²) in [6, 6.07) is 16.4. The molecule has 0 atom stereocenters. The summed E-state index contributed by atoms with van der Waals surface area (Å²) in [5.74, 6) is 2.00. The Kier molecular flexibility index (Phi) is 8.37. The van der Waals surface area contributed by atoms with Gasteiger partial charge in [-0.05, 0) is 67.5 Å². The molecule has 0 spiro atoms. The van der Waals surface area contributed by atoms with Crippen LogP contribution < -0.4 is 0 Å². The van der Waals surface area contributed by atoms with Crippen LogP contribution in [0.3, 0.4) is 0 Å². The van der Waals surface area contributed by atoms with Gasteiger partial charge in [0.05, 0.1) is 10.7 Å². The summed E-state index contributed by atoms with van der Waals surface area (Å²) in [6.07, 6.45) is 9.05. The summed E-state index contributed by atoms with van der Waals surface area (Å²) in [7, 11) is 0. The van der Waals surface area contributed by atoms with E-state index in [9.17, 15) is 0 Å². The number of nitrogens with zero attached hydrogens (tertiary/aromatic N) is 1. The molecule has 0 bridgehead atoms. The molecule has 0 heterocycles. The maximum atomic E-state index is 6.08. The molecule has 1 nitrogen and oxygen atoms in total. The monoisotopic (exact) mass is 415 g/mol. The highest BCUT2D eigenvalue weighted by atomic mass is 35.5. The number of benzene rings is 2. The first-order valence-electron chi connectivity index (χ1n) is 9.56. The lowest BCUT2D eigenvalue weighted by Gasteiger charge is -2.20. The molecule has 1 saturated carbocycles. The zero-order valence-corrected chi connectivity index (χ0v) is 18.1. The minimum atomic E-state index is 0.772. The van der Waals surface area contributed by atoms with Crippen molar-refractivity contribution in [3.63, 3.8) is 0 Å². The van der Waals surface area contributed by atoms with Gasteiger partial charge in [0.15, 0.2) is 0 Å². The Morgan fingerprint density at radius 2 is 1.89 bits per heavy atom. The lowest BCUT2D eigenvalue weighted by Crippen LogP contribution is -2.09. The van der Waals surface area contributed by atoms with Crippen LogP contribution in [0.5, 0.6) is 0 Å². The molecule has 0 aromatic heterocycles. The Balaban J connectivity index is 1.67. The van der Waals surface area contributed by atoms with Gasteiger partial charge in [-0.2, -0.15) is 0 Å². The Labute approximate surface area is 176 Å². The quantitative estimate of drug-likeness (QED) is 0.267. The highest BCUT2D eigenvalue weighted by Crippen LogP contribution is 2.29. The summed E-state index contributed by atoms with van der Waals surface area (Å²) in [5, 5.41) is 3.97. The topological polar surface area (TPSA) is 12.4 Å². The van der Waals surface area contributed by atoms with E-state index in [1.165, 1.54) is 37.7 Å². The molecule has 1 aliphatic carbocycles. The van der Waals surface area contributed by atoms with Crippen LogP contribution in [0.25, 0.3) is 0 Å². The van der Waals surface area contributed by atoms with Gasteiger partial charge in [0.25, 0.3) is 0 Å². The molecule has 0 N–H and O–H groups in total. The van der Waals surface area contributed by atoms with Gasteiger partial charge < -0.3 is 0 Å². The van der Waals surface area contributed by atoms with Crippen LogP contribution >= 0.6 is 35.1 Å². The first kappa shape index (κ1) is 20.6. The molecule has 142 valence electrons. The van der Waals surface area contributed by atoms with Crippen LogP contribution in [0.2, 0.25) is 5.02 Å². The van der Waals surface area contributed by atoms with Crippen molar-refractivity contribution in [3.8, 4) is 0 Å². The number of aryl methyl sites for hydroxylation is 1. The molecule has 0 saturated heterocycles. The summed E-state index contributed by atoms with van der Waals surface area (Å²) < 4.78 is 0. The minimum absolute atomic E-state index is 0.772. The molecule has 4 heteroatoms. The average molecular weight is 416 g/mol. The van der Waals surface area contributed by atoms with Crippen LogP contribution in [0, 0.1) is 12.8 Å². The molecule has 0 amide bonds. The first-order valence-corrected chi connectivity index (χ1v) is 11.8. The van der Waals surface area contributed by atoms with Crippen LogP contribution in [0.4, 0.5) is 5.69 Å². The standard InChI is InChI=1S/C23H26ClNS2/c1-18-10-12-21(13-11-18)25-23(27-17-19-6-3-2-4-7-19)14-15-26-22-9-5-8-20(24)16-22/h5,8-16,19H,2-4,6-7,17H2,1H3. The lowest BCUT2D eigenvalue weighted by atomic mass is 9.91. The van der Waals surface area contributed by atoms with Crippen molar-refractivity contribution in [2.45, 2.75) is 43.9 Å². The van der Waals surface area contributed by atoms with Gasteiger partial charge in [-0.25, -0.2) is 4.99 Å². The second-order valence-corrected chi connectivity index (χ2v) is 9.43. The van der Waals surface area contributed by atoms with E-state index >= 15 is 0 Å². The zero-order chi connectivity index (χ0) is 18.9. The third-order valence-corrected chi connectivity index (χ3v) is 6.87. The SMILES string of the molecule is Cc1ccc(N=C(C=CSc2cccc(Cl)c2)SCC2CCCCC2)cc1. The maximum Gasteiger partial charge on any atom is 0.0972 e. The molecule has 2 aromatic carbocycles. The van der Waals surface area contributed by atoms with Crippen LogP contribution in [-0.2, 0) is 0 Å². The van der Waals surface area contributed by atoms with Gasteiger partial charge in [0.2, 0.25) is 0 Å². The summed E-state index contributed by atoms with van der Waals surface area (Å²) in [5.41, 5.74) is 2.28. The summed E-state index contributed by atoms with van der Waals surface area (Å²) >= 11 is 9.64. The van der Waals surface area contributed by atoms with E-state index in [-0.39, 0.29) is 0 Å². The van der Waals surface area contributed by atoms with Crippen LogP contribution in [0.1, 0.15) is 37.7 Å². The Hall–Kier alpha value is -1.16. The number of thioether (sulfide) groups is 2. The molecule has 0 unspecified atom stereocenters. The molecule has 2 aromatic rings. The molecule has 0 radical (unpaired) electrons. The third-order valence-electron chi connectivity index (χ3n) is 4.68. The zero-order valence-electron chi connectivity index (χ0n) is 15.7. The highest BCUT2D eigenvalue weighted by Gasteiger charge is 2.14. The smallest absolute Gasteiger partial charge is 0.0972 e. The molecule has 1 aliphatic rings. The van der Waals surface area contributed by atoms with Crippen molar-refractivity contribution >= 4 is 45.9 Å². The lowest BCUT2D eigenvalue weighted by molar-refractivity contribution is 0.391. The van der Waals surface area contributed by atoms with Crippen molar-refractivity contribution < 1.29 is 0 Å². The van der Waals surface area contributed by atoms with Gasteiger partial charge in [-0.15, -0.1) is 11.8 Å². The second-order valence-electron chi connectivity index (χ2n) is 6.98. The fourth-order valence-electron chi connectivity index (χ4n) is 3.13. The number of halogens is 1. The predicted octanol–water partition coefficient (Wildman–Crippen LogP) is 8.30. The molecule has 3 rings (SSSR count). The first-order chi connectivity index (χ1) is 13.2. The maximum absolute atomic E-state index is 6.08. The molecular formula is C23H26ClNS2. The molecule has 0 aliphatic heterocycles. The van der Waals surface area contributed by atoms with Gasteiger partial charge >= 0.3 is 0 Å². The van der Waals surface area contributed by atoms with Crippen molar-refractivity contribution in [3.05, 3.63) is 70.6 Å². The van der Waals surface area contributed by atoms with E-state index in [0.29, 0.717) is 0 Å². The van der Waals surface area contributed by atoms with E-state index in [1.54, 1.807) is 11.8 Å². The fourth-order valence-corrected chi connectivity index (χ4v) is 5.25.